The van der Waals surface area contributed by atoms with Crippen LogP contribution in [0.4, 0.5) is 0 Å². The molecule has 1 aliphatic rings. The third kappa shape index (κ3) is 1.17. The van der Waals surface area contributed by atoms with E-state index in [0.29, 0.717) is 0 Å². The van der Waals surface area contributed by atoms with Crippen molar-refractivity contribution in [3.05, 3.63) is 30.1 Å². The largest absolute Gasteiger partial charge is 0.264 e. The summed E-state index contributed by atoms with van der Waals surface area (Å²) >= 11 is 0. The fourth-order valence-electron chi connectivity index (χ4n) is 0.979. The van der Waals surface area contributed by atoms with Gasteiger partial charge in [-0.3, -0.25) is 15.0 Å². The normalized spacial score (nSPS) is 16.0. The van der Waals surface area contributed by atoms with Crippen LogP contribution in [0.2, 0.25) is 0 Å². The van der Waals surface area contributed by atoms with Crippen LogP contribution in [-0.4, -0.2) is 17.4 Å². The lowest BCUT2D eigenvalue weighted by atomic mass is 10.2. The van der Waals surface area contributed by atoms with Gasteiger partial charge in [-0.2, -0.15) is 0 Å². The third-order valence-corrected chi connectivity index (χ3v) is 1.50. The van der Waals surface area contributed by atoms with E-state index in [1.807, 2.05) is 12.1 Å². The average Bonchev–Trinajstić information content (AvgIpc) is 2.58. The number of pyridine rings is 1. The molecule has 0 spiro atoms. The number of aliphatic imine (C=N–C) groups is 2. The minimum absolute atomic E-state index is 0.0521. The molecular weight excluding hydrogens is 138 g/mol. The summed E-state index contributed by atoms with van der Waals surface area (Å²) in [6.07, 6.45) is 6.88. The monoisotopic (exact) mass is 145 g/mol. The van der Waals surface area contributed by atoms with Gasteiger partial charge in [-0.05, 0) is 6.07 Å². The Kier molecular flexibility index (Phi) is 1.48. The highest BCUT2D eigenvalue weighted by molar-refractivity contribution is 6.17. The molecule has 3 nitrogen and oxygen atoms in total. The number of rotatable bonds is 1. The van der Waals surface area contributed by atoms with Gasteiger partial charge < -0.3 is 0 Å². The second-order valence-electron chi connectivity index (χ2n) is 2.26. The molecule has 0 atom stereocenters. The van der Waals surface area contributed by atoms with E-state index in [1.165, 1.54) is 0 Å². The molecule has 0 aromatic carbocycles. The van der Waals surface area contributed by atoms with Crippen LogP contribution >= 0.6 is 0 Å². The quantitative estimate of drug-likeness (QED) is 0.585. The Morgan fingerprint density at radius 2 is 2.00 bits per heavy atom. The van der Waals surface area contributed by atoms with Crippen molar-refractivity contribution in [1.29, 1.82) is 0 Å². The Balaban J connectivity index is 2.30. The van der Waals surface area contributed by atoms with Crippen LogP contribution in [0.5, 0.6) is 0 Å². The molecule has 0 amide bonds. The maximum Gasteiger partial charge on any atom is 0.166 e. The van der Waals surface area contributed by atoms with Gasteiger partial charge in [0.2, 0.25) is 0 Å². The summed E-state index contributed by atoms with van der Waals surface area (Å²) in [5.74, 6) is 0. The highest BCUT2D eigenvalue weighted by Gasteiger charge is 2.07. The summed E-state index contributed by atoms with van der Waals surface area (Å²) in [6, 6.07) is 3.86. The fraction of sp³-hybridized carbons (Fsp3) is 0.125. The number of hydrogen-bond acceptors (Lipinski definition) is 3. The van der Waals surface area contributed by atoms with E-state index in [0.717, 1.165) is 5.56 Å². The van der Waals surface area contributed by atoms with Crippen LogP contribution in [0.1, 0.15) is 11.7 Å². The van der Waals surface area contributed by atoms with Gasteiger partial charge in [0.05, 0.1) is 0 Å². The Labute approximate surface area is 64.5 Å². The van der Waals surface area contributed by atoms with Crippen molar-refractivity contribution in [3.63, 3.8) is 0 Å². The lowest BCUT2D eigenvalue weighted by Crippen LogP contribution is -1.88. The zero-order valence-corrected chi connectivity index (χ0v) is 5.88. The molecule has 11 heavy (non-hydrogen) atoms. The van der Waals surface area contributed by atoms with Crippen molar-refractivity contribution in [3.8, 4) is 0 Å². The first-order chi connectivity index (χ1) is 5.47. The molecule has 1 aromatic rings. The summed E-state index contributed by atoms with van der Waals surface area (Å²) < 4.78 is 0. The standard InChI is InChI=1S/C8H7N3/c1-2-7(6-9-3-1)8-10-4-5-11-8/h1-6,8H. The molecule has 1 aliphatic heterocycles. The van der Waals surface area contributed by atoms with Crippen molar-refractivity contribution >= 4 is 12.4 Å². The smallest absolute Gasteiger partial charge is 0.166 e. The van der Waals surface area contributed by atoms with Gasteiger partial charge in [-0.15, -0.1) is 0 Å². The zero-order chi connectivity index (χ0) is 7.52. The predicted octanol–water partition coefficient (Wildman–Crippen LogP) is 1.24. The van der Waals surface area contributed by atoms with Crippen LogP contribution in [0.25, 0.3) is 0 Å². The van der Waals surface area contributed by atoms with E-state index in [2.05, 4.69) is 15.0 Å². The molecule has 0 saturated carbocycles. The Morgan fingerprint density at radius 1 is 1.18 bits per heavy atom. The first-order valence-electron chi connectivity index (χ1n) is 3.42. The summed E-state index contributed by atoms with van der Waals surface area (Å²) in [7, 11) is 0. The summed E-state index contributed by atoms with van der Waals surface area (Å²) in [4.78, 5) is 12.2. The van der Waals surface area contributed by atoms with Crippen LogP contribution in [0, 0.1) is 0 Å². The maximum absolute atomic E-state index is 4.12. The highest BCUT2D eigenvalue weighted by atomic mass is 15.0. The van der Waals surface area contributed by atoms with E-state index in [4.69, 9.17) is 0 Å². The molecular formula is C8H7N3. The van der Waals surface area contributed by atoms with Crippen molar-refractivity contribution in [1.82, 2.24) is 4.98 Å². The summed E-state index contributed by atoms with van der Waals surface area (Å²) in [6.45, 7) is 0. The third-order valence-electron chi connectivity index (χ3n) is 1.50. The molecule has 2 rings (SSSR count). The summed E-state index contributed by atoms with van der Waals surface area (Å²) in [5.41, 5.74) is 1.04. The number of hydrogen-bond donors (Lipinski definition) is 0. The minimum Gasteiger partial charge on any atom is -0.264 e. The second kappa shape index (κ2) is 2.62. The van der Waals surface area contributed by atoms with Gasteiger partial charge >= 0.3 is 0 Å². The lowest BCUT2D eigenvalue weighted by molar-refractivity contribution is 0.796. The van der Waals surface area contributed by atoms with Gasteiger partial charge in [-0.1, -0.05) is 6.07 Å². The van der Waals surface area contributed by atoms with Gasteiger partial charge in [0.25, 0.3) is 0 Å². The molecule has 0 fully saturated rings. The number of aromatic nitrogens is 1. The van der Waals surface area contributed by atoms with Gasteiger partial charge in [-0.25, -0.2) is 0 Å². The molecule has 0 unspecified atom stereocenters. The van der Waals surface area contributed by atoms with E-state index in [1.54, 1.807) is 24.8 Å². The molecule has 0 radical (unpaired) electrons. The van der Waals surface area contributed by atoms with E-state index >= 15 is 0 Å². The first-order valence-corrected chi connectivity index (χ1v) is 3.42. The zero-order valence-electron chi connectivity index (χ0n) is 5.88. The average molecular weight is 145 g/mol. The van der Waals surface area contributed by atoms with Crippen molar-refractivity contribution in [2.75, 3.05) is 0 Å². The van der Waals surface area contributed by atoms with Crippen LogP contribution in [0.15, 0.2) is 34.5 Å². The molecule has 0 saturated heterocycles. The van der Waals surface area contributed by atoms with E-state index in [9.17, 15) is 0 Å². The predicted molar refractivity (Wildman–Crippen MR) is 44.0 cm³/mol. The van der Waals surface area contributed by atoms with Crippen molar-refractivity contribution in [2.45, 2.75) is 6.17 Å². The van der Waals surface area contributed by atoms with Gasteiger partial charge in [0.15, 0.2) is 6.17 Å². The minimum atomic E-state index is -0.0521. The highest BCUT2D eigenvalue weighted by Crippen LogP contribution is 2.18. The van der Waals surface area contributed by atoms with Gasteiger partial charge in [0, 0.05) is 30.4 Å². The molecule has 0 N–H and O–H groups in total. The van der Waals surface area contributed by atoms with E-state index in [-0.39, 0.29) is 6.17 Å². The van der Waals surface area contributed by atoms with Crippen molar-refractivity contribution < 1.29 is 0 Å². The Morgan fingerprint density at radius 3 is 2.64 bits per heavy atom. The number of nitrogens with zero attached hydrogens (tertiary/aromatic N) is 3. The molecule has 3 heteroatoms. The Bertz CT molecular complexity index is 277. The second-order valence-corrected chi connectivity index (χ2v) is 2.26. The first kappa shape index (κ1) is 6.22. The molecule has 2 heterocycles. The maximum atomic E-state index is 4.12. The van der Waals surface area contributed by atoms with Crippen LogP contribution < -0.4 is 0 Å². The van der Waals surface area contributed by atoms with Crippen LogP contribution in [0.3, 0.4) is 0 Å². The molecule has 54 valence electrons. The lowest BCUT2D eigenvalue weighted by Gasteiger charge is -2.01. The Hall–Kier alpha value is -1.51. The van der Waals surface area contributed by atoms with Gasteiger partial charge in [0.1, 0.15) is 0 Å². The molecule has 0 aliphatic carbocycles. The van der Waals surface area contributed by atoms with Crippen molar-refractivity contribution in [2.24, 2.45) is 9.98 Å². The fourth-order valence-corrected chi connectivity index (χ4v) is 0.979. The topological polar surface area (TPSA) is 37.6 Å². The summed E-state index contributed by atoms with van der Waals surface area (Å²) in [5, 5.41) is 0. The van der Waals surface area contributed by atoms with Crippen LogP contribution in [-0.2, 0) is 0 Å². The SMILES string of the molecule is C1=NC(c2cccnc2)N=C1. The van der Waals surface area contributed by atoms with E-state index < -0.39 is 0 Å². The molecule has 1 aromatic heterocycles. The molecule has 0 bridgehead atoms.